The topological polar surface area (TPSA) is 41.6 Å². The van der Waals surface area contributed by atoms with Gasteiger partial charge in [-0.2, -0.15) is 0 Å². The van der Waals surface area contributed by atoms with Crippen molar-refractivity contribution in [1.29, 1.82) is 0 Å². The van der Waals surface area contributed by atoms with Crippen LogP contribution < -0.4 is 10.1 Å². The molecule has 0 radical (unpaired) electrons. The van der Waals surface area contributed by atoms with E-state index >= 15 is 0 Å². The molecule has 0 aliphatic carbocycles. The first-order valence-corrected chi connectivity index (χ1v) is 8.03. The predicted molar refractivity (Wildman–Crippen MR) is 89.6 cm³/mol. The Labute approximate surface area is 138 Å². The van der Waals surface area contributed by atoms with Gasteiger partial charge in [0.05, 0.1) is 6.61 Å². The number of hydrogen-bond donors (Lipinski definition) is 1. The molecule has 22 heavy (non-hydrogen) atoms. The molecule has 0 unspecified atom stereocenters. The van der Waals surface area contributed by atoms with E-state index in [1.54, 1.807) is 0 Å². The number of nitrogens with zero attached hydrogens (tertiary/aromatic N) is 1. The standard InChI is InChI=1S/C17H24N2O2.ClH/c20-17-12-14-8-9-15(18-14)13-19(17)10-4-5-11-21-16-6-2-1-3-7-16;/h1-3,6-7,14-15,18H,4-5,8-13H2;1H/t14-,15+;/m1./s1. The third kappa shape index (κ3) is 4.62. The van der Waals surface area contributed by atoms with E-state index in [0.717, 1.165) is 44.7 Å². The third-order valence-corrected chi connectivity index (χ3v) is 4.38. The Balaban J connectivity index is 0.00000176. The molecule has 0 aromatic heterocycles. The molecule has 1 aromatic carbocycles. The van der Waals surface area contributed by atoms with Crippen LogP contribution in [0.3, 0.4) is 0 Å². The molecule has 2 fully saturated rings. The van der Waals surface area contributed by atoms with E-state index in [9.17, 15) is 4.79 Å². The summed E-state index contributed by atoms with van der Waals surface area (Å²) < 4.78 is 5.68. The number of para-hydroxylation sites is 1. The minimum absolute atomic E-state index is 0. The summed E-state index contributed by atoms with van der Waals surface area (Å²) in [6, 6.07) is 10.8. The summed E-state index contributed by atoms with van der Waals surface area (Å²) in [5.41, 5.74) is 0. The molecule has 0 saturated carbocycles. The smallest absolute Gasteiger partial charge is 0.224 e. The zero-order valence-electron chi connectivity index (χ0n) is 12.9. The van der Waals surface area contributed by atoms with Crippen molar-refractivity contribution in [1.82, 2.24) is 10.2 Å². The molecule has 1 aromatic rings. The number of benzene rings is 1. The minimum Gasteiger partial charge on any atom is -0.494 e. The Morgan fingerprint density at radius 1 is 1.14 bits per heavy atom. The number of carbonyl (C=O) groups excluding carboxylic acids is 1. The summed E-state index contributed by atoms with van der Waals surface area (Å²) in [6.07, 6.45) is 5.05. The van der Waals surface area contributed by atoms with Crippen molar-refractivity contribution in [2.75, 3.05) is 19.7 Å². The summed E-state index contributed by atoms with van der Waals surface area (Å²) in [5.74, 6) is 1.24. The van der Waals surface area contributed by atoms with Crippen LogP contribution in [-0.2, 0) is 4.79 Å². The van der Waals surface area contributed by atoms with Crippen LogP contribution in [0.25, 0.3) is 0 Å². The number of rotatable bonds is 6. The quantitative estimate of drug-likeness (QED) is 0.818. The van der Waals surface area contributed by atoms with Gasteiger partial charge in [0.15, 0.2) is 0 Å². The van der Waals surface area contributed by atoms with Crippen LogP contribution >= 0.6 is 12.4 Å². The van der Waals surface area contributed by atoms with E-state index in [2.05, 4.69) is 5.32 Å². The lowest BCUT2D eigenvalue weighted by molar-refractivity contribution is -0.131. The number of hydrogen-bond acceptors (Lipinski definition) is 3. The van der Waals surface area contributed by atoms with Crippen LogP contribution in [0.2, 0.25) is 0 Å². The van der Waals surface area contributed by atoms with Crippen molar-refractivity contribution in [2.45, 2.75) is 44.2 Å². The highest BCUT2D eigenvalue weighted by Gasteiger charge is 2.32. The zero-order chi connectivity index (χ0) is 14.5. The van der Waals surface area contributed by atoms with Crippen LogP contribution in [0.1, 0.15) is 32.1 Å². The van der Waals surface area contributed by atoms with E-state index in [4.69, 9.17) is 4.74 Å². The molecule has 2 heterocycles. The van der Waals surface area contributed by atoms with E-state index in [-0.39, 0.29) is 12.4 Å². The Morgan fingerprint density at radius 3 is 2.73 bits per heavy atom. The largest absolute Gasteiger partial charge is 0.494 e. The van der Waals surface area contributed by atoms with Gasteiger partial charge in [0.25, 0.3) is 0 Å². The minimum atomic E-state index is 0. The molecule has 1 N–H and O–H groups in total. The number of fused-ring (bicyclic) bond motifs is 2. The molecule has 2 aliphatic rings. The highest BCUT2D eigenvalue weighted by atomic mass is 35.5. The normalized spacial score (nSPS) is 23.8. The van der Waals surface area contributed by atoms with Gasteiger partial charge in [-0.3, -0.25) is 4.79 Å². The first kappa shape index (κ1) is 17.1. The van der Waals surface area contributed by atoms with Crippen molar-refractivity contribution in [3.63, 3.8) is 0 Å². The molecule has 2 bridgehead atoms. The van der Waals surface area contributed by atoms with E-state index in [0.29, 0.717) is 24.4 Å². The highest BCUT2D eigenvalue weighted by Crippen LogP contribution is 2.21. The Morgan fingerprint density at radius 2 is 1.91 bits per heavy atom. The Kier molecular flexibility index (Phi) is 6.52. The van der Waals surface area contributed by atoms with Crippen molar-refractivity contribution in [3.8, 4) is 5.75 Å². The zero-order valence-corrected chi connectivity index (χ0v) is 13.7. The maximum Gasteiger partial charge on any atom is 0.224 e. The lowest BCUT2D eigenvalue weighted by atomic mass is 10.1. The van der Waals surface area contributed by atoms with Gasteiger partial charge in [0.2, 0.25) is 5.91 Å². The van der Waals surface area contributed by atoms with Gasteiger partial charge in [0.1, 0.15) is 5.75 Å². The summed E-state index contributed by atoms with van der Waals surface area (Å²) in [7, 11) is 0. The molecule has 4 nitrogen and oxygen atoms in total. The third-order valence-electron chi connectivity index (χ3n) is 4.38. The summed E-state index contributed by atoms with van der Waals surface area (Å²) in [5, 5.41) is 3.55. The SMILES string of the molecule is Cl.O=C1C[C@H]2CC[C@@H](CN1CCCCOc1ccccc1)N2. The molecule has 3 rings (SSSR count). The number of halogens is 1. The maximum atomic E-state index is 12.1. The highest BCUT2D eigenvalue weighted by molar-refractivity contribution is 5.85. The first-order chi connectivity index (χ1) is 10.3. The fraction of sp³-hybridized carbons (Fsp3) is 0.588. The molecular weight excluding hydrogens is 300 g/mol. The molecule has 5 heteroatoms. The van der Waals surface area contributed by atoms with Gasteiger partial charge >= 0.3 is 0 Å². The number of unbranched alkanes of at least 4 members (excludes halogenated alkanes) is 1. The van der Waals surface area contributed by atoms with Gasteiger partial charge in [-0.15, -0.1) is 12.4 Å². The number of likely N-dealkylation sites (tertiary alicyclic amines) is 1. The second-order valence-corrected chi connectivity index (χ2v) is 6.05. The van der Waals surface area contributed by atoms with Crippen LogP contribution in [0.15, 0.2) is 30.3 Å². The van der Waals surface area contributed by atoms with E-state index < -0.39 is 0 Å². The van der Waals surface area contributed by atoms with Crippen LogP contribution in [0.5, 0.6) is 5.75 Å². The number of ether oxygens (including phenoxy) is 1. The summed E-state index contributed by atoms with van der Waals surface area (Å²) in [4.78, 5) is 14.2. The lowest BCUT2D eigenvalue weighted by Crippen LogP contribution is -2.38. The van der Waals surface area contributed by atoms with Gasteiger partial charge < -0.3 is 15.0 Å². The lowest BCUT2D eigenvalue weighted by Gasteiger charge is -2.24. The maximum absolute atomic E-state index is 12.1. The monoisotopic (exact) mass is 324 g/mol. The number of nitrogens with one attached hydrogen (secondary N) is 1. The van der Waals surface area contributed by atoms with Crippen LogP contribution in [0, 0.1) is 0 Å². The van der Waals surface area contributed by atoms with Crippen molar-refractivity contribution >= 4 is 18.3 Å². The molecule has 2 saturated heterocycles. The predicted octanol–water partition coefficient (Wildman–Crippen LogP) is 2.62. The molecule has 2 atom stereocenters. The Bertz CT molecular complexity index is 469. The van der Waals surface area contributed by atoms with Crippen molar-refractivity contribution < 1.29 is 9.53 Å². The average Bonchev–Trinajstić information content (AvgIpc) is 2.86. The molecular formula is C17H25ClN2O2. The molecule has 122 valence electrons. The summed E-state index contributed by atoms with van der Waals surface area (Å²) >= 11 is 0. The first-order valence-electron chi connectivity index (χ1n) is 8.03. The Hall–Kier alpha value is -1.26. The van der Waals surface area contributed by atoms with Gasteiger partial charge in [-0.05, 0) is 37.8 Å². The van der Waals surface area contributed by atoms with E-state index in [1.165, 1.54) is 6.42 Å². The number of carbonyl (C=O) groups is 1. The fourth-order valence-corrected chi connectivity index (χ4v) is 3.24. The fourth-order valence-electron chi connectivity index (χ4n) is 3.24. The van der Waals surface area contributed by atoms with Crippen molar-refractivity contribution in [2.24, 2.45) is 0 Å². The van der Waals surface area contributed by atoms with E-state index in [1.807, 2.05) is 35.2 Å². The summed E-state index contributed by atoms with van der Waals surface area (Å²) in [6.45, 7) is 2.47. The second kappa shape index (κ2) is 8.39. The van der Waals surface area contributed by atoms with Crippen LogP contribution in [-0.4, -0.2) is 42.6 Å². The van der Waals surface area contributed by atoms with Crippen LogP contribution in [0.4, 0.5) is 0 Å². The van der Waals surface area contributed by atoms with Gasteiger partial charge in [-0.1, -0.05) is 18.2 Å². The molecule has 0 spiro atoms. The molecule has 2 aliphatic heterocycles. The van der Waals surface area contributed by atoms with Gasteiger partial charge in [0, 0.05) is 31.6 Å². The molecule has 1 amide bonds. The van der Waals surface area contributed by atoms with Crippen molar-refractivity contribution in [3.05, 3.63) is 30.3 Å². The number of amides is 1. The van der Waals surface area contributed by atoms with Gasteiger partial charge in [-0.25, -0.2) is 0 Å². The average molecular weight is 325 g/mol. The second-order valence-electron chi connectivity index (χ2n) is 6.05.